The first kappa shape index (κ1) is 12.9. The second-order valence-corrected chi connectivity index (χ2v) is 5.21. The van der Waals surface area contributed by atoms with Crippen molar-refractivity contribution in [1.82, 2.24) is 0 Å². The molecule has 4 heteroatoms. The van der Waals surface area contributed by atoms with Crippen molar-refractivity contribution in [1.29, 1.82) is 0 Å². The van der Waals surface area contributed by atoms with Crippen LogP contribution in [0.2, 0.25) is 5.02 Å². The van der Waals surface area contributed by atoms with E-state index in [1.807, 2.05) is 19.1 Å². The van der Waals surface area contributed by atoms with Gasteiger partial charge in [-0.2, -0.15) is 0 Å². The molecule has 1 aliphatic heterocycles. The van der Waals surface area contributed by atoms with Gasteiger partial charge in [0, 0.05) is 10.6 Å². The summed E-state index contributed by atoms with van der Waals surface area (Å²) in [4.78, 5) is 25.9. The highest BCUT2D eigenvalue weighted by atomic mass is 35.5. The number of hydrogen-bond donors (Lipinski definition) is 0. The number of amides is 2. The summed E-state index contributed by atoms with van der Waals surface area (Å²) in [5.74, 6) is -0.523. The van der Waals surface area contributed by atoms with Gasteiger partial charge < -0.3 is 0 Å². The number of nitrogens with zero attached hydrogens (tertiary/aromatic N) is 1. The molecule has 0 atom stereocenters. The molecule has 2 aromatic rings. The number of rotatable bonds is 1. The SMILES string of the molecule is Cc1ccc(N2C(=O)Cc3ccccc3C2=O)cc1Cl. The number of imide groups is 1. The standard InChI is InChI=1S/C16H12ClNO2/c1-10-6-7-12(9-14(10)17)18-15(19)8-11-4-2-3-5-13(11)16(18)20/h2-7,9H,8H2,1H3. The lowest BCUT2D eigenvalue weighted by Crippen LogP contribution is -2.42. The van der Waals surface area contributed by atoms with Crippen molar-refractivity contribution in [2.24, 2.45) is 0 Å². The van der Waals surface area contributed by atoms with Gasteiger partial charge in [0.15, 0.2) is 0 Å². The van der Waals surface area contributed by atoms with Gasteiger partial charge in [0.2, 0.25) is 5.91 Å². The Morgan fingerprint density at radius 1 is 1.10 bits per heavy atom. The summed E-state index contributed by atoms with van der Waals surface area (Å²) >= 11 is 6.08. The molecule has 2 aromatic carbocycles. The van der Waals surface area contributed by atoms with Gasteiger partial charge in [-0.15, -0.1) is 0 Å². The van der Waals surface area contributed by atoms with Crippen LogP contribution >= 0.6 is 11.6 Å². The minimum absolute atomic E-state index is 0.228. The zero-order valence-corrected chi connectivity index (χ0v) is 11.6. The van der Waals surface area contributed by atoms with Crippen LogP contribution in [0.3, 0.4) is 0 Å². The summed E-state index contributed by atoms with van der Waals surface area (Å²) in [5, 5.41) is 0.543. The van der Waals surface area contributed by atoms with E-state index in [4.69, 9.17) is 11.6 Å². The van der Waals surface area contributed by atoms with Crippen LogP contribution in [0.5, 0.6) is 0 Å². The number of halogens is 1. The molecule has 0 saturated heterocycles. The highest BCUT2D eigenvalue weighted by Gasteiger charge is 2.31. The summed E-state index contributed by atoms with van der Waals surface area (Å²) in [6.45, 7) is 1.88. The van der Waals surface area contributed by atoms with E-state index in [1.165, 1.54) is 4.90 Å². The zero-order valence-electron chi connectivity index (χ0n) is 10.9. The quantitative estimate of drug-likeness (QED) is 0.753. The van der Waals surface area contributed by atoms with Crippen molar-refractivity contribution < 1.29 is 9.59 Å². The van der Waals surface area contributed by atoms with Crippen molar-refractivity contribution in [3.05, 3.63) is 64.2 Å². The summed E-state index contributed by atoms with van der Waals surface area (Å²) in [7, 11) is 0. The summed E-state index contributed by atoms with van der Waals surface area (Å²) < 4.78 is 0. The van der Waals surface area contributed by atoms with Crippen molar-refractivity contribution in [2.45, 2.75) is 13.3 Å². The Morgan fingerprint density at radius 3 is 2.60 bits per heavy atom. The van der Waals surface area contributed by atoms with Gasteiger partial charge in [0.1, 0.15) is 0 Å². The monoisotopic (exact) mass is 285 g/mol. The van der Waals surface area contributed by atoms with Crippen molar-refractivity contribution >= 4 is 29.1 Å². The zero-order chi connectivity index (χ0) is 14.3. The van der Waals surface area contributed by atoms with Crippen molar-refractivity contribution in [2.75, 3.05) is 4.90 Å². The third-order valence-electron chi connectivity index (χ3n) is 3.46. The summed E-state index contributed by atoms with van der Waals surface area (Å²) in [6.07, 6.45) is 0.230. The molecule has 3 nitrogen and oxygen atoms in total. The lowest BCUT2D eigenvalue weighted by Gasteiger charge is -2.27. The predicted octanol–water partition coefficient (Wildman–Crippen LogP) is 3.38. The van der Waals surface area contributed by atoms with Crippen LogP contribution in [-0.4, -0.2) is 11.8 Å². The molecular weight excluding hydrogens is 274 g/mol. The molecule has 0 aliphatic carbocycles. The molecule has 0 spiro atoms. The van der Waals surface area contributed by atoms with Gasteiger partial charge in [-0.3, -0.25) is 9.59 Å². The van der Waals surface area contributed by atoms with E-state index < -0.39 is 0 Å². The number of carbonyl (C=O) groups excluding carboxylic acids is 2. The maximum Gasteiger partial charge on any atom is 0.265 e. The molecule has 2 amide bonds. The van der Waals surface area contributed by atoms with Gasteiger partial charge in [-0.05, 0) is 36.2 Å². The molecule has 1 aliphatic rings. The first-order valence-corrected chi connectivity index (χ1v) is 6.67. The molecule has 0 radical (unpaired) electrons. The lowest BCUT2D eigenvalue weighted by atomic mass is 9.98. The molecule has 0 N–H and O–H groups in total. The molecule has 0 unspecified atom stereocenters. The predicted molar refractivity (Wildman–Crippen MR) is 78.2 cm³/mol. The van der Waals surface area contributed by atoms with E-state index in [1.54, 1.807) is 30.3 Å². The molecule has 0 bridgehead atoms. The third-order valence-corrected chi connectivity index (χ3v) is 3.86. The molecular formula is C16H12ClNO2. The van der Waals surface area contributed by atoms with Crippen molar-refractivity contribution in [3.8, 4) is 0 Å². The van der Waals surface area contributed by atoms with Crippen LogP contribution in [0, 0.1) is 6.92 Å². The molecule has 0 fully saturated rings. The van der Waals surface area contributed by atoms with E-state index in [9.17, 15) is 9.59 Å². The fourth-order valence-corrected chi connectivity index (χ4v) is 2.52. The molecule has 0 saturated carbocycles. The van der Waals surface area contributed by atoms with Crippen LogP contribution in [0.1, 0.15) is 21.5 Å². The second kappa shape index (κ2) is 4.76. The van der Waals surface area contributed by atoms with Gasteiger partial charge in [-0.25, -0.2) is 4.90 Å². The Hall–Kier alpha value is -2.13. The average molecular weight is 286 g/mol. The van der Waals surface area contributed by atoms with Gasteiger partial charge in [-0.1, -0.05) is 35.9 Å². The molecule has 1 heterocycles. The number of anilines is 1. The van der Waals surface area contributed by atoms with E-state index >= 15 is 0 Å². The Bertz CT molecular complexity index is 724. The van der Waals surface area contributed by atoms with Crippen LogP contribution < -0.4 is 4.90 Å². The fraction of sp³-hybridized carbons (Fsp3) is 0.125. The molecule has 20 heavy (non-hydrogen) atoms. The van der Waals surface area contributed by atoms with E-state index in [-0.39, 0.29) is 18.2 Å². The average Bonchev–Trinajstić information content (AvgIpc) is 2.43. The van der Waals surface area contributed by atoms with Gasteiger partial charge >= 0.3 is 0 Å². The summed E-state index contributed by atoms with van der Waals surface area (Å²) in [5.41, 5.74) is 2.78. The van der Waals surface area contributed by atoms with Crippen LogP contribution in [0.25, 0.3) is 0 Å². The number of carbonyl (C=O) groups is 2. The highest BCUT2D eigenvalue weighted by Crippen LogP contribution is 2.28. The third kappa shape index (κ3) is 2.00. The number of benzene rings is 2. The Labute approximate surface area is 121 Å². The molecule has 100 valence electrons. The minimum Gasteiger partial charge on any atom is -0.274 e. The number of fused-ring (bicyclic) bond motifs is 1. The van der Waals surface area contributed by atoms with Gasteiger partial charge in [0.25, 0.3) is 5.91 Å². The Balaban J connectivity index is 2.08. The van der Waals surface area contributed by atoms with Crippen molar-refractivity contribution in [3.63, 3.8) is 0 Å². The van der Waals surface area contributed by atoms with Crippen LogP contribution in [0.4, 0.5) is 5.69 Å². The van der Waals surface area contributed by atoms with E-state index in [0.29, 0.717) is 16.3 Å². The second-order valence-electron chi connectivity index (χ2n) is 4.80. The van der Waals surface area contributed by atoms with Gasteiger partial charge in [0.05, 0.1) is 12.1 Å². The first-order chi connectivity index (χ1) is 9.58. The van der Waals surface area contributed by atoms with Crippen LogP contribution in [-0.2, 0) is 11.2 Å². The maximum absolute atomic E-state index is 12.5. The van der Waals surface area contributed by atoms with Crippen LogP contribution in [0.15, 0.2) is 42.5 Å². The number of aryl methyl sites for hydroxylation is 1. The van der Waals surface area contributed by atoms with E-state index in [0.717, 1.165) is 11.1 Å². The maximum atomic E-state index is 12.5. The highest BCUT2D eigenvalue weighted by molar-refractivity contribution is 6.32. The first-order valence-electron chi connectivity index (χ1n) is 6.29. The molecule has 3 rings (SSSR count). The smallest absolute Gasteiger partial charge is 0.265 e. The van der Waals surface area contributed by atoms with E-state index in [2.05, 4.69) is 0 Å². The number of hydrogen-bond acceptors (Lipinski definition) is 2. The largest absolute Gasteiger partial charge is 0.274 e. The molecule has 0 aromatic heterocycles. The summed E-state index contributed by atoms with van der Waals surface area (Å²) in [6, 6.07) is 12.4. The Morgan fingerprint density at radius 2 is 1.85 bits per heavy atom. The minimum atomic E-state index is -0.295. The fourth-order valence-electron chi connectivity index (χ4n) is 2.34. The normalized spacial score (nSPS) is 14.4. The topological polar surface area (TPSA) is 37.4 Å². The lowest BCUT2D eigenvalue weighted by molar-refractivity contribution is -0.117. The Kier molecular flexibility index (Phi) is 3.07.